The Labute approximate surface area is 93.9 Å². The van der Waals surface area contributed by atoms with Crippen LogP contribution in [0.3, 0.4) is 0 Å². The van der Waals surface area contributed by atoms with Gasteiger partial charge in [-0.1, -0.05) is 37.3 Å². The van der Waals surface area contributed by atoms with Crippen molar-refractivity contribution in [3.05, 3.63) is 35.9 Å². The van der Waals surface area contributed by atoms with Crippen molar-refractivity contribution in [2.24, 2.45) is 0 Å². The summed E-state index contributed by atoms with van der Waals surface area (Å²) >= 11 is 0. The highest BCUT2D eigenvalue weighted by molar-refractivity contribution is 5.99. The zero-order valence-corrected chi connectivity index (χ0v) is 9.05. The van der Waals surface area contributed by atoms with Crippen LogP contribution < -0.4 is 0 Å². The summed E-state index contributed by atoms with van der Waals surface area (Å²) in [5, 5.41) is 9.00. The van der Waals surface area contributed by atoms with Gasteiger partial charge >= 0.3 is 11.9 Å². The molecule has 0 bridgehead atoms. The van der Waals surface area contributed by atoms with Gasteiger partial charge in [0, 0.05) is 0 Å². The molecule has 0 aromatic heterocycles. The Bertz CT molecular complexity index is 359. The summed E-state index contributed by atoms with van der Waals surface area (Å²) in [6.07, 6.45) is 0.673. The third-order valence-corrected chi connectivity index (χ3v) is 2.06. The van der Waals surface area contributed by atoms with Crippen LogP contribution in [0.15, 0.2) is 30.3 Å². The summed E-state index contributed by atoms with van der Waals surface area (Å²) in [6.45, 7) is 2.10. The summed E-state index contributed by atoms with van der Waals surface area (Å²) in [7, 11) is 0. The number of carbonyl (C=O) groups excluding carboxylic acids is 1. The smallest absolute Gasteiger partial charge is 0.324 e. The van der Waals surface area contributed by atoms with Gasteiger partial charge in [-0.05, 0) is 12.0 Å². The van der Waals surface area contributed by atoms with Gasteiger partial charge in [0.25, 0.3) is 0 Å². The number of hydrogen-bond donors (Lipinski definition) is 1. The summed E-state index contributed by atoms with van der Waals surface area (Å²) in [5.41, 5.74) is 0.441. The van der Waals surface area contributed by atoms with Gasteiger partial charge in [0.2, 0.25) is 0 Å². The normalized spacial score (nSPS) is 11.8. The second-order valence-corrected chi connectivity index (χ2v) is 3.35. The number of hydrogen-bond acceptors (Lipinski definition) is 3. The van der Waals surface area contributed by atoms with Crippen molar-refractivity contribution in [3.63, 3.8) is 0 Å². The molecule has 4 heteroatoms. The van der Waals surface area contributed by atoms with Crippen LogP contribution in [0.2, 0.25) is 0 Å². The molecule has 1 aromatic carbocycles. The number of carbonyl (C=O) groups is 2. The van der Waals surface area contributed by atoms with E-state index in [1.54, 1.807) is 30.3 Å². The second kappa shape index (κ2) is 5.90. The van der Waals surface area contributed by atoms with Crippen molar-refractivity contribution >= 4 is 11.9 Å². The molecule has 0 aliphatic heterocycles. The fraction of sp³-hybridized carbons (Fsp3) is 0.333. The Morgan fingerprint density at radius 3 is 2.44 bits per heavy atom. The monoisotopic (exact) mass is 222 g/mol. The number of esters is 1. The second-order valence-electron chi connectivity index (χ2n) is 3.35. The first-order chi connectivity index (χ1) is 7.66. The summed E-state index contributed by atoms with van der Waals surface area (Å²) in [5.74, 6) is -3.12. The van der Waals surface area contributed by atoms with E-state index < -0.39 is 17.9 Å². The highest BCUT2D eigenvalue weighted by Crippen LogP contribution is 2.17. The maximum atomic E-state index is 11.5. The number of carboxylic acids is 1. The zero-order valence-electron chi connectivity index (χ0n) is 9.05. The lowest BCUT2D eigenvalue weighted by Crippen LogP contribution is -2.24. The maximum Gasteiger partial charge on any atom is 0.324 e. The molecule has 0 saturated heterocycles. The molecule has 86 valence electrons. The minimum atomic E-state index is -1.23. The SMILES string of the molecule is CCCOC(=O)C(C(=O)O)c1ccccc1. The molecular formula is C12H14O4. The fourth-order valence-corrected chi connectivity index (χ4v) is 1.31. The van der Waals surface area contributed by atoms with Crippen molar-refractivity contribution < 1.29 is 19.4 Å². The van der Waals surface area contributed by atoms with E-state index >= 15 is 0 Å². The van der Waals surface area contributed by atoms with E-state index in [0.29, 0.717) is 12.0 Å². The molecule has 4 nitrogen and oxygen atoms in total. The Balaban J connectivity index is 2.84. The van der Waals surface area contributed by atoms with Crippen LogP contribution in [0.5, 0.6) is 0 Å². The van der Waals surface area contributed by atoms with Gasteiger partial charge in [-0.15, -0.1) is 0 Å². The first kappa shape index (κ1) is 12.2. The quantitative estimate of drug-likeness (QED) is 0.609. The zero-order chi connectivity index (χ0) is 12.0. The van der Waals surface area contributed by atoms with E-state index in [-0.39, 0.29) is 6.61 Å². The molecular weight excluding hydrogens is 208 g/mol. The largest absolute Gasteiger partial charge is 0.480 e. The summed E-state index contributed by atoms with van der Waals surface area (Å²) < 4.78 is 4.85. The van der Waals surface area contributed by atoms with E-state index in [1.165, 1.54) is 0 Å². The Morgan fingerprint density at radius 1 is 1.31 bits per heavy atom. The molecule has 1 atom stereocenters. The van der Waals surface area contributed by atoms with Crippen LogP contribution in [0.4, 0.5) is 0 Å². The molecule has 0 saturated carbocycles. The van der Waals surface area contributed by atoms with Crippen LogP contribution in [0, 0.1) is 0 Å². The van der Waals surface area contributed by atoms with Gasteiger partial charge in [-0.2, -0.15) is 0 Å². The van der Waals surface area contributed by atoms with E-state index in [4.69, 9.17) is 9.84 Å². The molecule has 1 unspecified atom stereocenters. The van der Waals surface area contributed by atoms with Gasteiger partial charge in [0.05, 0.1) is 6.61 Å². The van der Waals surface area contributed by atoms with Crippen molar-refractivity contribution in [1.82, 2.24) is 0 Å². The molecule has 0 aliphatic carbocycles. The maximum absolute atomic E-state index is 11.5. The molecule has 0 fully saturated rings. The molecule has 1 N–H and O–H groups in total. The van der Waals surface area contributed by atoms with E-state index in [1.807, 2.05) is 6.92 Å². The van der Waals surface area contributed by atoms with Crippen LogP contribution in [-0.4, -0.2) is 23.7 Å². The minimum Gasteiger partial charge on any atom is -0.480 e. The van der Waals surface area contributed by atoms with Gasteiger partial charge < -0.3 is 9.84 Å². The standard InChI is InChI=1S/C12H14O4/c1-2-8-16-12(15)10(11(13)14)9-6-4-3-5-7-9/h3-7,10H,2,8H2,1H3,(H,13,14). The lowest BCUT2D eigenvalue weighted by Gasteiger charge is -2.11. The number of aliphatic carboxylic acids is 1. The van der Waals surface area contributed by atoms with Crippen LogP contribution in [0.25, 0.3) is 0 Å². The van der Waals surface area contributed by atoms with Crippen LogP contribution in [0.1, 0.15) is 24.8 Å². The van der Waals surface area contributed by atoms with Gasteiger partial charge in [-0.3, -0.25) is 9.59 Å². The molecule has 1 aromatic rings. The lowest BCUT2D eigenvalue weighted by atomic mass is 10.00. The van der Waals surface area contributed by atoms with E-state index in [2.05, 4.69) is 0 Å². The average Bonchev–Trinajstić information content (AvgIpc) is 2.27. The predicted octanol–water partition coefficient (Wildman–Crippen LogP) is 1.81. The highest BCUT2D eigenvalue weighted by Gasteiger charge is 2.29. The molecule has 0 amide bonds. The molecule has 0 heterocycles. The van der Waals surface area contributed by atoms with Crippen molar-refractivity contribution in [1.29, 1.82) is 0 Å². The summed E-state index contributed by atoms with van der Waals surface area (Å²) in [4.78, 5) is 22.5. The van der Waals surface area contributed by atoms with Crippen molar-refractivity contribution in [2.45, 2.75) is 19.3 Å². The topological polar surface area (TPSA) is 63.6 Å². The number of rotatable bonds is 5. The molecule has 0 spiro atoms. The van der Waals surface area contributed by atoms with Gasteiger partial charge in [0.1, 0.15) is 0 Å². The van der Waals surface area contributed by atoms with E-state index in [9.17, 15) is 9.59 Å². The number of ether oxygens (including phenoxy) is 1. The number of benzene rings is 1. The molecule has 1 rings (SSSR count). The molecule has 0 radical (unpaired) electrons. The Morgan fingerprint density at radius 2 is 1.94 bits per heavy atom. The molecule has 16 heavy (non-hydrogen) atoms. The predicted molar refractivity (Wildman–Crippen MR) is 58.1 cm³/mol. The Hall–Kier alpha value is -1.84. The third-order valence-electron chi connectivity index (χ3n) is 2.06. The fourth-order valence-electron chi connectivity index (χ4n) is 1.31. The summed E-state index contributed by atoms with van der Waals surface area (Å²) in [6, 6.07) is 8.36. The lowest BCUT2D eigenvalue weighted by molar-refractivity contribution is -0.154. The van der Waals surface area contributed by atoms with Crippen molar-refractivity contribution in [2.75, 3.05) is 6.61 Å². The van der Waals surface area contributed by atoms with Crippen LogP contribution in [-0.2, 0) is 14.3 Å². The van der Waals surface area contributed by atoms with Crippen LogP contribution >= 0.6 is 0 Å². The Kier molecular flexibility index (Phi) is 4.51. The van der Waals surface area contributed by atoms with Gasteiger partial charge in [-0.25, -0.2) is 0 Å². The van der Waals surface area contributed by atoms with Gasteiger partial charge in [0.15, 0.2) is 5.92 Å². The van der Waals surface area contributed by atoms with Crippen molar-refractivity contribution in [3.8, 4) is 0 Å². The first-order valence-electron chi connectivity index (χ1n) is 5.11. The third kappa shape index (κ3) is 3.08. The average molecular weight is 222 g/mol. The van der Waals surface area contributed by atoms with E-state index in [0.717, 1.165) is 0 Å². The molecule has 0 aliphatic rings. The first-order valence-corrected chi connectivity index (χ1v) is 5.11. The highest BCUT2D eigenvalue weighted by atomic mass is 16.5. The number of carboxylic acid groups (broad SMARTS) is 1. The minimum absolute atomic E-state index is 0.245.